The van der Waals surface area contributed by atoms with Crippen LogP contribution in [0, 0.1) is 0 Å². The average molecular weight is 536 g/mol. The number of carbonyl (C=O) groups is 2. The largest absolute Gasteiger partial charge is 0.507 e. The number of hydrogen-bond acceptors (Lipinski definition) is 6. The van der Waals surface area contributed by atoms with Crippen LogP contribution in [0.5, 0.6) is 17.2 Å². The molecule has 1 fully saturated rings. The van der Waals surface area contributed by atoms with Gasteiger partial charge in [-0.05, 0) is 74.4 Å². The van der Waals surface area contributed by atoms with Crippen LogP contribution in [0.25, 0.3) is 5.76 Å². The van der Waals surface area contributed by atoms with Gasteiger partial charge in [-0.3, -0.25) is 9.59 Å². The lowest BCUT2D eigenvalue weighted by Crippen LogP contribution is -2.29. The zero-order chi connectivity index (χ0) is 27.4. The van der Waals surface area contributed by atoms with E-state index in [4.69, 9.17) is 25.8 Å². The lowest BCUT2D eigenvalue weighted by Gasteiger charge is -2.26. The first-order chi connectivity index (χ1) is 18.2. The van der Waals surface area contributed by atoms with Crippen LogP contribution in [-0.4, -0.2) is 41.5 Å². The van der Waals surface area contributed by atoms with E-state index in [9.17, 15) is 14.7 Å². The molecule has 1 atom stereocenters. The van der Waals surface area contributed by atoms with E-state index in [0.29, 0.717) is 29.4 Å². The van der Waals surface area contributed by atoms with E-state index in [0.717, 1.165) is 5.56 Å². The van der Waals surface area contributed by atoms with E-state index in [1.807, 2.05) is 45.0 Å². The third-order valence-corrected chi connectivity index (χ3v) is 6.45. The molecule has 1 aliphatic rings. The quantitative estimate of drug-likeness (QED) is 0.201. The van der Waals surface area contributed by atoms with Crippen LogP contribution in [0.3, 0.4) is 0 Å². The van der Waals surface area contributed by atoms with E-state index in [2.05, 4.69) is 0 Å². The predicted molar refractivity (Wildman–Crippen MR) is 146 cm³/mol. The van der Waals surface area contributed by atoms with Gasteiger partial charge < -0.3 is 24.2 Å². The highest BCUT2D eigenvalue weighted by Crippen LogP contribution is 2.42. The third-order valence-electron chi connectivity index (χ3n) is 6.12. The molecule has 0 radical (unpaired) electrons. The van der Waals surface area contributed by atoms with Gasteiger partial charge in [-0.25, -0.2) is 0 Å². The van der Waals surface area contributed by atoms with Gasteiger partial charge in [-0.1, -0.05) is 35.9 Å². The zero-order valence-electron chi connectivity index (χ0n) is 21.7. The summed E-state index contributed by atoms with van der Waals surface area (Å²) in [6, 6.07) is 18.4. The van der Waals surface area contributed by atoms with Gasteiger partial charge in [-0.2, -0.15) is 0 Å². The van der Waals surface area contributed by atoms with Crippen molar-refractivity contribution in [3.63, 3.8) is 0 Å². The molecule has 3 aromatic carbocycles. The Hall–Kier alpha value is -3.97. The van der Waals surface area contributed by atoms with Crippen molar-refractivity contribution >= 4 is 29.1 Å². The van der Waals surface area contributed by atoms with E-state index in [-0.39, 0.29) is 34.6 Å². The molecule has 1 saturated heterocycles. The highest BCUT2D eigenvalue weighted by Gasteiger charge is 2.46. The fourth-order valence-corrected chi connectivity index (χ4v) is 4.61. The Kier molecular flexibility index (Phi) is 8.27. The molecule has 38 heavy (non-hydrogen) atoms. The van der Waals surface area contributed by atoms with Crippen LogP contribution in [0.1, 0.15) is 43.5 Å². The molecule has 198 valence electrons. The third kappa shape index (κ3) is 5.63. The smallest absolute Gasteiger partial charge is 0.295 e. The normalized spacial score (nSPS) is 16.7. The average Bonchev–Trinajstić information content (AvgIpc) is 3.15. The number of amides is 1. The Morgan fingerprint density at radius 2 is 1.61 bits per heavy atom. The Balaban J connectivity index is 1.80. The van der Waals surface area contributed by atoms with Gasteiger partial charge in [-0.15, -0.1) is 0 Å². The van der Waals surface area contributed by atoms with Crippen LogP contribution in [0.15, 0.2) is 72.3 Å². The molecule has 8 heteroatoms. The Morgan fingerprint density at radius 3 is 2.21 bits per heavy atom. The molecule has 7 nitrogen and oxygen atoms in total. The van der Waals surface area contributed by atoms with Gasteiger partial charge in [0, 0.05) is 12.1 Å². The molecule has 0 saturated carbocycles. The molecule has 0 spiro atoms. The summed E-state index contributed by atoms with van der Waals surface area (Å²) >= 11 is 6.42. The summed E-state index contributed by atoms with van der Waals surface area (Å²) in [5.74, 6) is -0.0514. The predicted octanol–water partition coefficient (Wildman–Crippen LogP) is 6.16. The minimum absolute atomic E-state index is 0.0295. The van der Waals surface area contributed by atoms with E-state index in [1.165, 1.54) is 4.90 Å². The van der Waals surface area contributed by atoms with Crippen LogP contribution >= 0.6 is 11.6 Å². The summed E-state index contributed by atoms with van der Waals surface area (Å²) in [4.78, 5) is 28.2. The molecule has 3 aromatic rings. The molecule has 4 rings (SSSR count). The van der Waals surface area contributed by atoms with Crippen LogP contribution in [0.2, 0.25) is 5.02 Å². The molecule has 1 unspecified atom stereocenters. The van der Waals surface area contributed by atoms with Gasteiger partial charge in [0.15, 0.2) is 0 Å². The lowest BCUT2D eigenvalue weighted by atomic mass is 9.95. The Morgan fingerprint density at radius 1 is 0.974 bits per heavy atom. The van der Waals surface area contributed by atoms with Crippen molar-refractivity contribution in [1.29, 1.82) is 0 Å². The number of nitrogens with zero attached hydrogens (tertiary/aromatic N) is 1. The number of ketones is 1. The number of hydrogen-bond donors (Lipinski definition) is 1. The lowest BCUT2D eigenvalue weighted by molar-refractivity contribution is -0.140. The van der Waals surface area contributed by atoms with Gasteiger partial charge in [0.1, 0.15) is 23.0 Å². The number of carbonyl (C=O) groups excluding carboxylic acids is 2. The van der Waals surface area contributed by atoms with Gasteiger partial charge >= 0.3 is 0 Å². The van der Waals surface area contributed by atoms with Crippen molar-refractivity contribution in [3.05, 3.63) is 94.0 Å². The van der Waals surface area contributed by atoms with E-state index < -0.39 is 17.7 Å². The second kappa shape index (κ2) is 11.6. The number of aliphatic hydroxyl groups is 1. The first-order valence-corrected chi connectivity index (χ1v) is 12.7. The summed E-state index contributed by atoms with van der Waals surface area (Å²) in [5.41, 5.74) is 1.61. The van der Waals surface area contributed by atoms with Crippen molar-refractivity contribution in [2.45, 2.75) is 39.5 Å². The number of rotatable bonds is 9. The molecule has 1 aliphatic heterocycles. The standard InChI is InChI=1S/C30H30ClNO6/c1-5-37-23-14-15-25(31)24(16-23)28(33)26-27(20-8-12-21(36-4)13-9-20)32(30(35)29(26)34)17-19-6-10-22(11-7-19)38-18(2)3/h6-16,18,27,33H,5,17H2,1-4H3/b28-26+. The molecular formula is C30H30ClNO6. The van der Waals surface area contributed by atoms with Crippen molar-refractivity contribution in [3.8, 4) is 17.2 Å². The number of methoxy groups -OCH3 is 1. The fraction of sp³-hybridized carbons (Fsp3) is 0.267. The molecule has 0 bridgehead atoms. The zero-order valence-corrected chi connectivity index (χ0v) is 22.5. The summed E-state index contributed by atoms with van der Waals surface area (Å²) in [7, 11) is 1.56. The van der Waals surface area contributed by atoms with Crippen molar-refractivity contribution in [1.82, 2.24) is 4.90 Å². The van der Waals surface area contributed by atoms with E-state index >= 15 is 0 Å². The van der Waals surface area contributed by atoms with Crippen molar-refractivity contribution < 1.29 is 28.9 Å². The molecule has 1 amide bonds. The number of benzene rings is 3. The molecular weight excluding hydrogens is 506 g/mol. The highest BCUT2D eigenvalue weighted by molar-refractivity contribution is 6.47. The van der Waals surface area contributed by atoms with Crippen LogP contribution in [-0.2, 0) is 16.1 Å². The van der Waals surface area contributed by atoms with Gasteiger partial charge in [0.25, 0.3) is 11.7 Å². The number of Topliss-reactive ketones (excluding diaryl/α,β-unsaturated/α-hetero) is 1. The topological polar surface area (TPSA) is 85.3 Å². The first kappa shape index (κ1) is 27.1. The Labute approximate surface area is 227 Å². The second-order valence-electron chi connectivity index (χ2n) is 9.09. The van der Waals surface area contributed by atoms with Gasteiger partial charge in [0.05, 0.1) is 36.5 Å². The molecule has 0 aromatic heterocycles. The summed E-state index contributed by atoms with van der Waals surface area (Å²) in [6.07, 6.45) is 0.0295. The molecule has 1 heterocycles. The summed E-state index contributed by atoms with van der Waals surface area (Å²) in [5, 5.41) is 11.6. The summed E-state index contributed by atoms with van der Waals surface area (Å²) in [6.45, 7) is 6.29. The SMILES string of the molecule is CCOc1ccc(Cl)c(/C(O)=C2\C(=O)C(=O)N(Cc3ccc(OC(C)C)cc3)C2c2ccc(OC)cc2)c1. The number of aliphatic hydroxyl groups excluding tert-OH is 1. The molecule has 1 N–H and O–H groups in total. The number of halogens is 1. The van der Waals surface area contributed by atoms with Gasteiger partial charge in [0.2, 0.25) is 0 Å². The highest BCUT2D eigenvalue weighted by atomic mass is 35.5. The minimum atomic E-state index is -0.848. The van der Waals surface area contributed by atoms with E-state index in [1.54, 1.807) is 49.6 Å². The Bertz CT molecular complexity index is 1350. The maximum atomic E-state index is 13.4. The van der Waals surface area contributed by atoms with Crippen molar-refractivity contribution in [2.75, 3.05) is 13.7 Å². The number of likely N-dealkylation sites (tertiary alicyclic amines) is 1. The monoisotopic (exact) mass is 535 g/mol. The fourth-order valence-electron chi connectivity index (χ4n) is 4.41. The maximum absolute atomic E-state index is 13.4. The van der Waals surface area contributed by atoms with Crippen LogP contribution in [0.4, 0.5) is 0 Å². The number of ether oxygens (including phenoxy) is 3. The first-order valence-electron chi connectivity index (χ1n) is 12.3. The second-order valence-corrected chi connectivity index (χ2v) is 9.49. The van der Waals surface area contributed by atoms with Crippen LogP contribution < -0.4 is 14.2 Å². The maximum Gasteiger partial charge on any atom is 0.295 e. The molecule has 0 aliphatic carbocycles. The van der Waals surface area contributed by atoms with Crippen molar-refractivity contribution in [2.24, 2.45) is 0 Å². The summed E-state index contributed by atoms with van der Waals surface area (Å²) < 4.78 is 16.5. The minimum Gasteiger partial charge on any atom is -0.507 e.